The molecule has 0 saturated carbocycles. The summed E-state index contributed by atoms with van der Waals surface area (Å²) in [6.45, 7) is 3.53. The molecule has 1 saturated heterocycles. The number of hydrogen-bond acceptors (Lipinski definition) is 6. The number of benzene rings is 2. The molecule has 7 nitrogen and oxygen atoms in total. The van der Waals surface area contributed by atoms with E-state index < -0.39 is 5.97 Å². The molecule has 0 unspecified atom stereocenters. The van der Waals surface area contributed by atoms with Crippen LogP contribution in [0.25, 0.3) is 0 Å². The number of esters is 1. The summed E-state index contributed by atoms with van der Waals surface area (Å²) in [5.41, 5.74) is 2.00. The molecular formula is C23H28N2O5. The Morgan fingerprint density at radius 3 is 2.23 bits per heavy atom. The molecule has 2 aromatic carbocycles. The van der Waals surface area contributed by atoms with Gasteiger partial charge in [-0.3, -0.25) is 14.5 Å². The van der Waals surface area contributed by atoms with Crippen LogP contribution in [0.1, 0.15) is 11.1 Å². The zero-order chi connectivity index (χ0) is 21.3. The van der Waals surface area contributed by atoms with Crippen LogP contribution in [0.2, 0.25) is 0 Å². The molecule has 7 heteroatoms. The minimum absolute atomic E-state index is 0.0679. The third kappa shape index (κ3) is 5.97. The lowest BCUT2D eigenvalue weighted by molar-refractivity contribution is -0.152. The predicted octanol–water partition coefficient (Wildman–Crippen LogP) is 2.13. The summed E-state index contributed by atoms with van der Waals surface area (Å²) in [5, 5.41) is 0. The Bertz CT molecular complexity index is 848. The average molecular weight is 412 g/mol. The van der Waals surface area contributed by atoms with E-state index >= 15 is 0 Å². The topological polar surface area (TPSA) is 68.3 Å². The Labute approximate surface area is 177 Å². The summed E-state index contributed by atoms with van der Waals surface area (Å²) in [7, 11) is 3.09. The fourth-order valence-electron chi connectivity index (χ4n) is 3.44. The number of amides is 1. The van der Waals surface area contributed by atoms with E-state index in [1.807, 2.05) is 18.2 Å². The van der Waals surface area contributed by atoms with Gasteiger partial charge in [-0.2, -0.15) is 0 Å². The molecule has 0 bridgehead atoms. The third-order valence-corrected chi connectivity index (χ3v) is 5.13. The van der Waals surface area contributed by atoms with Crippen molar-refractivity contribution in [1.29, 1.82) is 0 Å². The largest absolute Gasteiger partial charge is 0.493 e. The van der Waals surface area contributed by atoms with E-state index in [0.717, 1.165) is 25.2 Å². The summed E-state index contributed by atoms with van der Waals surface area (Å²) < 4.78 is 15.6. The number of hydrogen-bond donors (Lipinski definition) is 0. The van der Waals surface area contributed by atoms with Gasteiger partial charge >= 0.3 is 5.97 Å². The number of ether oxygens (including phenoxy) is 3. The van der Waals surface area contributed by atoms with Crippen LogP contribution in [0.4, 0.5) is 0 Å². The van der Waals surface area contributed by atoms with Gasteiger partial charge in [0.1, 0.15) is 0 Å². The first kappa shape index (κ1) is 21.6. The van der Waals surface area contributed by atoms with Gasteiger partial charge in [-0.15, -0.1) is 0 Å². The van der Waals surface area contributed by atoms with Gasteiger partial charge in [0.15, 0.2) is 18.1 Å². The summed E-state index contributed by atoms with van der Waals surface area (Å²) in [5.74, 6) is 0.539. The van der Waals surface area contributed by atoms with Crippen molar-refractivity contribution in [3.63, 3.8) is 0 Å². The highest BCUT2D eigenvalue weighted by Gasteiger charge is 2.22. The van der Waals surface area contributed by atoms with Crippen molar-refractivity contribution in [3.05, 3.63) is 59.7 Å². The third-order valence-electron chi connectivity index (χ3n) is 5.13. The van der Waals surface area contributed by atoms with E-state index in [4.69, 9.17) is 14.2 Å². The first-order valence-electron chi connectivity index (χ1n) is 9.99. The fraction of sp³-hybridized carbons (Fsp3) is 0.391. The molecule has 160 valence electrons. The zero-order valence-corrected chi connectivity index (χ0v) is 17.5. The second kappa shape index (κ2) is 10.6. The molecule has 0 aromatic heterocycles. The summed E-state index contributed by atoms with van der Waals surface area (Å²) in [4.78, 5) is 28.6. The van der Waals surface area contributed by atoms with E-state index in [2.05, 4.69) is 17.0 Å². The summed E-state index contributed by atoms with van der Waals surface area (Å²) in [6, 6.07) is 15.5. The van der Waals surface area contributed by atoms with Crippen molar-refractivity contribution in [3.8, 4) is 11.5 Å². The fourth-order valence-corrected chi connectivity index (χ4v) is 3.44. The van der Waals surface area contributed by atoms with Gasteiger partial charge in [0.25, 0.3) is 5.91 Å². The highest BCUT2D eigenvalue weighted by molar-refractivity contribution is 5.81. The van der Waals surface area contributed by atoms with Crippen molar-refractivity contribution in [2.24, 2.45) is 0 Å². The summed E-state index contributed by atoms with van der Waals surface area (Å²) >= 11 is 0. The molecule has 30 heavy (non-hydrogen) atoms. The lowest BCUT2D eigenvalue weighted by Gasteiger charge is -2.34. The zero-order valence-electron chi connectivity index (χ0n) is 17.5. The first-order chi connectivity index (χ1) is 14.6. The molecular weight excluding hydrogens is 384 g/mol. The molecule has 1 aliphatic rings. The molecule has 0 atom stereocenters. The van der Waals surface area contributed by atoms with Crippen LogP contribution in [-0.2, 0) is 27.3 Å². The molecule has 0 aliphatic carbocycles. The predicted molar refractivity (Wildman–Crippen MR) is 113 cm³/mol. The van der Waals surface area contributed by atoms with Gasteiger partial charge in [0.05, 0.1) is 20.6 Å². The highest BCUT2D eigenvalue weighted by Crippen LogP contribution is 2.27. The molecule has 3 rings (SSSR count). The van der Waals surface area contributed by atoms with Gasteiger partial charge in [0.2, 0.25) is 0 Å². The van der Waals surface area contributed by atoms with Crippen LogP contribution in [0.5, 0.6) is 11.5 Å². The Morgan fingerprint density at radius 2 is 1.57 bits per heavy atom. The molecule has 1 fully saturated rings. The van der Waals surface area contributed by atoms with E-state index in [9.17, 15) is 9.59 Å². The number of piperazine rings is 1. The van der Waals surface area contributed by atoms with Crippen LogP contribution in [-0.4, -0.2) is 68.7 Å². The molecule has 0 spiro atoms. The maximum Gasteiger partial charge on any atom is 0.310 e. The lowest BCUT2D eigenvalue weighted by atomic mass is 10.1. The average Bonchev–Trinajstić information content (AvgIpc) is 2.78. The van der Waals surface area contributed by atoms with Crippen LogP contribution in [0.3, 0.4) is 0 Å². The van der Waals surface area contributed by atoms with Gasteiger partial charge < -0.3 is 19.1 Å². The standard InChI is InChI=1S/C23H28N2O5/c1-28-20-9-8-19(14-21(20)29-2)15-23(27)30-17-22(26)25-12-10-24(11-13-25)16-18-6-4-3-5-7-18/h3-9,14H,10-13,15-17H2,1-2H3. The van der Waals surface area contributed by atoms with Crippen LogP contribution >= 0.6 is 0 Å². The van der Waals surface area contributed by atoms with E-state index in [0.29, 0.717) is 24.6 Å². The normalized spacial score (nSPS) is 14.3. The summed E-state index contributed by atoms with van der Waals surface area (Å²) in [6.07, 6.45) is 0.0679. The van der Waals surface area contributed by atoms with Crippen molar-refractivity contribution in [2.45, 2.75) is 13.0 Å². The Kier molecular flexibility index (Phi) is 7.68. The number of carbonyl (C=O) groups excluding carboxylic acids is 2. The molecule has 1 amide bonds. The highest BCUT2D eigenvalue weighted by atomic mass is 16.5. The van der Waals surface area contributed by atoms with Crippen molar-refractivity contribution >= 4 is 11.9 Å². The van der Waals surface area contributed by atoms with Crippen molar-refractivity contribution in [1.82, 2.24) is 9.80 Å². The molecule has 2 aromatic rings. The second-order valence-electron chi connectivity index (χ2n) is 7.17. The van der Waals surface area contributed by atoms with Gasteiger partial charge in [-0.25, -0.2) is 0 Å². The molecule has 1 heterocycles. The Hall–Kier alpha value is -3.06. The van der Waals surface area contributed by atoms with Crippen molar-refractivity contribution in [2.75, 3.05) is 47.0 Å². The van der Waals surface area contributed by atoms with Gasteiger partial charge in [0, 0.05) is 32.7 Å². The van der Waals surface area contributed by atoms with Gasteiger partial charge in [-0.05, 0) is 23.3 Å². The van der Waals surface area contributed by atoms with E-state index in [-0.39, 0.29) is 18.9 Å². The SMILES string of the molecule is COc1ccc(CC(=O)OCC(=O)N2CCN(Cc3ccccc3)CC2)cc1OC. The maximum absolute atomic E-state index is 12.4. The lowest BCUT2D eigenvalue weighted by Crippen LogP contribution is -2.49. The van der Waals surface area contributed by atoms with Crippen molar-refractivity contribution < 1.29 is 23.8 Å². The number of carbonyl (C=O) groups is 2. The minimum atomic E-state index is -0.446. The number of nitrogens with zero attached hydrogens (tertiary/aromatic N) is 2. The Morgan fingerprint density at radius 1 is 0.867 bits per heavy atom. The van der Waals surface area contributed by atoms with E-state index in [1.165, 1.54) is 12.7 Å². The second-order valence-corrected chi connectivity index (χ2v) is 7.17. The quantitative estimate of drug-likeness (QED) is 0.619. The number of methoxy groups -OCH3 is 2. The smallest absolute Gasteiger partial charge is 0.310 e. The minimum Gasteiger partial charge on any atom is -0.493 e. The van der Waals surface area contributed by atoms with Crippen LogP contribution < -0.4 is 9.47 Å². The monoisotopic (exact) mass is 412 g/mol. The Balaban J connectivity index is 1.41. The maximum atomic E-state index is 12.4. The molecule has 1 aliphatic heterocycles. The van der Waals surface area contributed by atoms with Crippen LogP contribution in [0.15, 0.2) is 48.5 Å². The molecule has 0 radical (unpaired) electrons. The van der Waals surface area contributed by atoms with Gasteiger partial charge in [-0.1, -0.05) is 36.4 Å². The number of rotatable bonds is 8. The van der Waals surface area contributed by atoms with Crippen LogP contribution in [0, 0.1) is 0 Å². The molecule has 0 N–H and O–H groups in total. The first-order valence-corrected chi connectivity index (χ1v) is 9.99. The van der Waals surface area contributed by atoms with E-state index in [1.54, 1.807) is 30.2 Å².